The van der Waals surface area contributed by atoms with Crippen molar-refractivity contribution in [2.24, 2.45) is 0 Å². The van der Waals surface area contributed by atoms with Crippen LogP contribution in [0.2, 0.25) is 5.02 Å². The van der Waals surface area contributed by atoms with E-state index in [2.05, 4.69) is 5.32 Å². The zero-order valence-corrected chi connectivity index (χ0v) is 14.6. The summed E-state index contributed by atoms with van der Waals surface area (Å²) >= 11 is 6.06. The van der Waals surface area contributed by atoms with Gasteiger partial charge in [-0.15, -0.1) is 0 Å². The molecule has 0 fully saturated rings. The number of halogens is 3. The molecule has 0 spiro atoms. The summed E-state index contributed by atoms with van der Waals surface area (Å²) in [4.78, 5) is 12.3. The second kappa shape index (κ2) is 7.90. The van der Waals surface area contributed by atoms with E-state index >= 15 is 0 Å². The van der Waals surface area contributed by atoms with Crippen molar-refractivity contribution in [3.8, 4) is 0 Å². The Kier molecular flexibility index (Phi) is 6.10. The Morgan fingerprint density at radius 1 is 1.16 bits per heavy atom. The zero-order chi connectivity index (χ0) is 18.6. The van der Waals surface area contributed by atoms with Crippen LogP contribution >= 0.6 is 11.6 Å². The van der Waals surface area contributed by atoms with Crippen LogP contribution in [0.5, 0.6) is 0 Å². The lowest BCUT2D eigenvalue weighted by Crippen LogP contribution is -2.33. The summed E-state index contributed by atoms with van der Waals surface area (Å²) in [6.45, 7) is -0.482. The first-order valence-corrected chi connectivity index (χ1v) is 9.22. The van der Waals surface area contributed by atoms with Crippen molar-refractivity contribution in [1.29, 1.82) is 0 Å². The molecule has 2 aromatic rings. The van der Waals surface area contributed by atoms with Crippen molar-refractivity contribution in [3.63, 3.8) is 0 Å². The molecule has 25 heavy (non-hydrogen) atoms. The Hall–Kier alpha value is -2.03. The molecule has 9 heteroatoms. The van der Waals surface area contributed by atoms with Gasteiger partial charge in [0.25, 0.3) is 16.0 Å². The molecule has 0 aliphatic carbocycles. The smallest absolute Gasteiger partial charge is 0.264 e. The minimum atomic E-state index is -3.80. The predicted octanol–water partition coefficient (Wildman–Crippen LogP) is 3.07. The highest BCUT2D eigenvalue weighted by atomic mass is 35.5. The molecule has 1 unspecified atom stereocenters. The second-order valence-electron chi connectivity index (χ2n) is 5.13. The number of rotatable bonds is 6. The molecule has 5 nitrogen and oxygen atoms in total. The van der Waals surface area contributed by atoms with E-state index in [4.69, 9.17) is 15.8 Å². The van der Waals surface area contributed by atoms with Crippen LogP contribution in [0.3, 0.4) is 0 Å². The topological polar surface area (TPSA) is 72.5 Å². The Morgan fingerprint density at radius 3 is 2.32 bits per heavy atom. The summed E-state index contributed by atoms with van der Waals surface area (Å²) in [7, 11) is -3.80. The van der Waals surface area contributed by atoms with E-state index in [9.17, 15) is 22.0 Å². The average molecular weight is 390 g/mol. The lowest BCUT2D eigenvalue weighted by atomic mass is 10.1. The summed E-state index contributed by atoms with van der Waals surface area (Å²) in [5, 5.41) is 2.59. The van der Waals surface area contributed by atoms with Crippen LogP contribution in [0.25, 0.3) is 0 Å². The number of nitrogens with one attached hydrogen (secondary N) is 1. The Morgan fingerprint density at radius 2 is 1.76 bits per heavy atom. The van der Waals surface area contributed by atoms with Gasteiger partial charge in [-0.05, 0) is 23.8 Å². The maximum atomic E-state index is 13.8. The van der Waals surface area contributed by atoms with Gasteiger partial charge in [-0.1, -0.05) is 35.9 Å². The van der Waals surface area contributed by atoms with Gasteiger partial charge in [-0.2, -0.15) is 8.42 Å². The quantitative estimate of drug-likeness (QED) is 0.771. The summed E-state index contributed by atoms with van der Waals surface area (Å²) in [5.41, 5.74) is -0.433. The SMILES string of the molecule is CS(=O)(=O)OCC(NC(=O)c1c(F)cccc1F)c1ccccc1Cl. The van der Waals surface area contributed by atoms with Gasteiger partial charge in [-0.3, -0.25) is 8.98 Å². The molecule has 0 aromatic heterocycles. The van der Waals surface area contributed by atoms with Gasteiger partial charge in [0.2, 0.25) is 0 Å². The van der Waals surface area contributed by atoms with Crippen LogP contribution in [0.15, 0.2) is 42.5 Å². The molecule has 0 bridgehead atoms. The fraction of sp³-hybridized carbons (Fsp3) is 0.188. The molecule has 0 aliphatic rings. The zero-order valence-electron chi connectivity index (χ0n) is 13.0. The van der Waals surface area contributed by atoms with Crippen molar-refractivity contribution < 1.29 is 26.2 Å². The maximum Gasteiger partial charge on any atom is 0.264 e. The van der Waals surface area contributed by atoms with Crippen LogP contribution in [-0.2, 0) is 14.3 Å². The molecule has 134 valence electrons. The number of amides is 1. The third-order valence-corrected chi connectivity index (χ3v) is 4.13. The first kappa shape index (κ1) is 19.3. The van der Waals surface area contributed by atoms with Gasteiger partial charge in [0.05, 0.1) is 18.9 Å². The summed E-state index contributed by atoms with van der Waals surface area (Å²) in [6, 6.07) is 8.29. The number of hydrogen-bond donors (Lipinski definition) is 1. The van der Waals surface area contributed by atoms with E-state index in [1.54, 1.807) is 12.1 Å². The van der Waals surface area contributed by atoms with Crippen LogP contribution in [0, 0.1) is 11.6 Å². The third kappa shape index (κ3) is 5.22. The van der Waals surface area contributed by atoms with Gasteiger partial charge in [0.15, 0.2) is 0 Å². The van der Waals surface area contributed by atoms with E-state index in [1.165, 1.54) is 12.1 Å². The van der Waals surface area contributed by atoms with Crippen LogP contribution in [-0.4, -0.2) is 27.2 Å². The minimum absolute atomic E-state index is 0.235. The molecule has 0 radical (unpaired) electrons. The minimum Gasteiger partial charge on any atom is -0.343 e. The maximum absolute atomic E-state index is 13.8. The standard InChI is InChI=1S/C16H14ClF2NO4S/c1-25(22,23)24-9-14(10-5-2-3-6-11(10)17)20-16(21)15-12(18)7-4-8-13(15)19/h2-8,14H,9H2,1H3,(H,20,21). The summed E-state index contributed by atoms with van der Waals surface area (Å²) < 4.78 is 54.7. The fourth-order valence-electron chi connectivity index (χ4n) is 2.10. The van der Waals surface area contributed by atoms with Crippen LogP contribution in [0.4, 0.5) is 8.78 Å². The summed E-state index contributed by atoms with van der Waals surface area (Å²) in [6.07, 6.45) is 0.842. The van der Waals surface area contributed by atoms with Crippen molar-refractivity contribution >= 4 is 27.6 Å². The van der Waals surface area contributed by atoms with Crippen molar-refractivity contribution in [2.45, 2.75) is 6.04 Å². The van der Waals surface area contributed by atoms with E-state index in [0.29, 0.717) is 5.56 Å². The molecular weight excluding hydrogens is 376 g/mol. The van der Waals surface area contributed by atoms with Gasteiger partial charge in [0, 0.05) is 5.02 Å². The number of benzene rings is 2. The van der Waals surface area contributed by atoms with Crippen molar-refractivity contribution in [2.75, 3.05) is 12.9 Å². The van der Waals surface area contributed by atoms with Gasteiger partial charge >= 0.3 is 0 Å². The predicted molar refractivity (Wildman–Crippen MR) is 88.8 cm³/mol. The first-order valence-electron chi connectivity index (χ1n) is 7.02. The van der Waals surface area contributed by atoms with Crippen molar-refractivity contribution in [3.05, 3.63) is 70.2 Å². The molecule has 1 N–H and O–H groups in total. The lowest BCUT2D eigenvalue weighted by Gasteiger charge is -2.20. The van der Waals surface area contributed by atoms with Gasteiger partial charge < -0.3 is 5.32 Å². The first-order chi connectivity index (χ1) is 11.7. The van der Waals surface area contributed by atoms with E-state index in [-0.39, 0.29) is 5.02 Å². The molecule has 1 atom stereocenters. The number of hydrogen-bond acceptors (Lipinski definition) is 4. The highest BCUT2D eigenvalue weighted by Gasteiger charge is 2.24. The Balaban J connectivity index is 2.33. The highest BCUT2D eigenvalue weighted by molar-refractivity contribution is 7.85. The van der Waals surface area contributed by atoms with Crippen molar-refractivity contribution in [1.82, 2.24) is 5.32 Å². The Bertz CT molecular complexity index is 869. The van der Waals surface area contributed by atoms with Crippen LogP contribution in [0.1, 0.15) is 22.0 Å². The molecular formula is C16H14ClF2NO4S. The van der Waals surface area contributed by atoms with E-state index in [1.807, 2.05) is 0 Å². The lowest BCUT2D eigenvalue weighted by molar-refractivity contribution is 0.0913. The monoisotopic (exact) mass is 389 g/mol. The normalized spacial score (nSPS) is 12.6. The average Bonchev–Trinajstić information content (AvgIpc) is 2.51. The van der Waals surface area contributed by atoms with Crippen LogP contribution < -0.4 is 5.32 Å². The molecule has 0 heterocycles. The third-order valence-electron chi connectivity index (χ3n) is 3.22. The van der Waals surface area contributed by atoms with E-state index < -0.39 is 45.9 Å². The second-order valence-corrected chi connectivity index (χ2v) is 7.18. The summed E-state index contributed by atoms with van der Waals surface area (Å²) in [5.74, 6) is -3.14. The van der Waals surface area contributed by atoms with Gasteiger partial charge in [-0.25, -0.2) is 8.78 Å². The van der Waals surface area contributed by atoms with E-state index in [0.717, 1.165) is 24.5 Å². The van der Waals surface area contributed by atoms with Gasteiger partial charge in [0.1, 0.15) is 17.2 Å². The molecule has 2 rings (SSSR count). The molecule has 0 saturated carbocycles. The highest BCUT2D eigenvalue weighted by Crippen LogP contribution is 2.24. The number of carbonyl (C=O) groups excluding carboxylic acids is 1. The number of carbonyl (C=O) groups is 1. The molecule has 0 saturated heterocycles. The fourth-order valence-corrected chi connectivity index (χ4v) is 2.75. The molecule has 0 aliphatic heterocycles. The largest absolute Gasteiger partial charge is 0.343 e. The Labute approximate surface area is 148 Å². The molecule has 1 amide bonds. The molecule has 2 aromatic carbocycles.